The number of benzene rings is 1. The van der Waals surface area contributed by atoms with Crippen LogP contribution in [0.1, 0.15) is 19.4 Å². The van der Waals surface area contributed by atoms with E-state index in [2.05, 4.69) is 11.1 Å². The molecule has 2 N–H and O–H groups in total. The third kappa shape index (κ3) is 1.35. The maximum absolute atomic E-state index is 10.0. The smallest absolute Gasteiger partial charge is 0.129 e. The maximum atomic E-state index is 10.0. The number of hydrogen-bond acceptors (Lipinski definition) is 2. The first-order chi connectivity index (χ1) is 7.06. The minimum absolute atomic E-state index is 0.195. The van der Waals surface area contributed by atoms with Crippen LogP contribution in [0.2, 0.25) is 0 Å². The minimum Gasteiger partial charge on any atom is -0.507 e. The maximum Gasteiger partial charge on any atom is 0.129 e. The summed E-state index contributed by atoms with van der Waals surface area (Å²) in [6.07, 6.45) is 1.77. The molecule has 3 heteroatoms. The number of fused-ring (bicyclic) bond motifs is 1. The predicted octanol–water partition coefficient (Wildman–Crippen LogP) is 2.67. The fourth-order valence-electron chi connectivity index (χ4n) is 1.68. The van der Waals surface area contributed by atoms with Gasteiger partial charge in [-0.15, -0.1) is 0 Å². The van der Waals surface area contributed by atoms with Crippen LogP contribution in [-0.4, -0.2) is 10.1 Å². The molecule has 3 nitrogen and oxygen atoms in total. The van der Waals surface area contributed by atoms with Crippen LogP contribution in [0.3, 0.4) is 0 Å². The lowest BCUT2D eigenvalue weighted by Crippen LogP contribution is -2.13. The van der Waals surface area contributed by atoms with Crippen LogP contribution in [0.5, 0.6) is 5.75 Å². The van der Waals surface area contributed by atoms with Gasteiger partial charge in [-0.25, -0.2) is 0 Å². The van der Waals surface area contributed by atoms with Crippen LogP contribution in [0.25, 0.3) is 10.9 Å². The van der Waals surface area contributed by atoms with Gasteiger partial charge in [-0.3, -0.25) is 0 Å². The summed E-state index contributed by atoms with van der Waals surface area (Å²) in [4.78, 5) is 3.01. The molecule has 0 aliphatic heterocycles. The summed E-state index contributed by atoms with van der Waals surface area (Å²) >= 11 is 0. The highest BCUT2D eigenvalue weighted by Gasteiger charge is 2.24. The van der Waals surface area contributed by atoms with Gasteiger partial charge in [-0.2, -0.15) is 5.26 Å². The molecule has 0 unspecified atom stereocenters. The summed E-state index contributed by atoms with van der Waals surface area (Å²) in [6, 6.07) is 7.66. The molecule has 0 atom stereocenters. The summed E-state index contributed by atoms with van der Waals surface area (Å²) in [5.74, 6) is 0.195. The molecule has 76 valence electrons. The second-order valence-electron chi connectivity index (χ2n) is 4.14. The molecular weight excluding hydrogens is 188 g/mol. The number of H-pyrrole nitrogens is 1. The highest BCUT2D eigenvalue weighted by molar-refractivity contribution is 5.87. The zero-order valence-electron chi connectivity index (χ0n) is 8.70. The minimum atomic E-state index is -0.671. The van der Waals surface area contributed by atoms with Gasteiger partial charge in [-0.05, 0) is 26.0 Å². The molecule has 1 aromatic heterocycles. The van der Waals surface area contributed by atoms with E-state index in [1.807, 2.05) is 12.1 Å². The Hall–Kier alpha value is -1.95. The molecule has 0 spiro atoms. The highest BCUT2D eigenvalue weighted by Crippen LogP contribution is 2.35. The Morgan fingerprint density at radius 2 is 2.07 bits per heavy atom. The summed E-state index contributed by atoms with van der Waals surface area (Å²) in [5, 5.41) is 19.8. The predicted molar refractivity (Wildman–Crippen MR) is 58.6 cm³/mol. The molecule has 0 radical (unpaired) electrons. The van der Waals surface area contributed by atoms with Crippen molar-refractivity contribution in [2.24, 2.45) is 0 Å². The summed E-state index contributed by atoms with van der Waals surface area (Å²) in [6.45, 7) is 3.58. The van der Waals surface area contributed by atoms with Crippen molar-refractivity contribution < 1.29 is 5.11 Å². The number of aromatic hydroxyl groups is 1. The number of hydrogen-bond donors (Lipinski definition) is 2. The van der Waals surface area contributed by atoms with Gasteiger partial charge in [0.2, 0.25) is 0 Å². The van der Waals surface area contributed by atoms with E-state index >= 15 is 0 Å². The molecule has 1 aromatic carbocycles. The topological polar surface area (TPSA) is 59.8 Å². The van der Waals surface area contributed by atoms with Crippen LogP contribution in [0, 0.1) is 11.3 Å². The summed E-state index contributed by atoms with van der Waals surface area (Å²) < 4.78 is 0. The number of aromatic amines is 1. The summed E-state index contributed by atoms with van der Waals surface area (Å²) in [5.41, 5.74) is 0.873. The fourth-order valence-corrected chi connectivity index (χ4v) is 1.68. The largest absolute Gasteiger partial charge is 0.507 e. The first-order valence-electron chi connectivity index (χ1n) is 4.77. The van der Waals surface area contributed by atoms with Crippen molar-refractivity contribution in [3.8, 4) is 11.8 Å². The van der Waals surface area contributed by atoms with Crippen LogP contribution >= 0.6 is 0 Å². The zero-order chi connectivity index (χ0) is 11.1. The zero-order valence-corrected chi connectivity index (χ0v) is 8.70. The van der Waals surface area contributed by atoms with Gasteiger partial charge in [-0.1, -0.05) is 6.07 Å². The number of nitrogens with zero attached hydrogens (tertiary/aromatic N) is 1. The Morgan fingerprint density at radius 3 is 2.73 bits per heavy atom. The van der Waals surface area contributed by atoms with E-state index in [-0.39, 0.29) is 5.75 Å². The normalized spacial score (nSPS) is 11.5. The Balaban J connectivity index is 2.74. The molecular formula is C12H12N2O. The molecule has 1 heterocycles. The lowest BCUT2D eigenvalue weighted by atomic mass is 9.85. The monoisotopic (exact) mass is 200 g/mol. The van der Waals surface area contributed by atoms with Gasteiger partial charge < -0.3 is 10.1 Å². The van der Waals surface area contributed by atoms with Crippen molar-refractivity contribution >= 4 is 10.9 Å². The van der Waals surface area contributed by atoms with E-state index < -0.39 is 5.41 Å². The lowest BCUT2D eigenvalue weighted by Gasteiger charge is -2.17. The van der Waals surface area contributed by atoms with Crippen molar-refractivity contribution in [2.75, 3.05) is 0 Å². The third-order valence-electron chi connectivity index (χ3n) is 2.66. The molecule has 0 bridgehead atoms. The molecule has 0 aliphatic rings. The van der Waals surface area contributed by atoms with Gasteiger partial charge in [0, 0.05) is 22.7 Å². The van der Waals surface area contributed by atoms with Gasteiger partial charge >= 0.3 is 0 Å². The van der Waals surface area contributed by atoms with Crippen molar-refractivity contribution in [2.45, 2.75) is 19.3 Å². The van der Waals surface area contributed by atoms with E-state index in [0.29, 0.717) is 5.56 Å². The molecule has 0 aliphatic carbocycles. The highest BCUT2D eigenvalue weighted by atomic mass is 16.3. The van der Waals surface area contributed by atoms with E-state index in [4.69, 9.17) is 5.26 Å². The van der Waals surface area contributed by atoms with Gasteiger partial charge in [0.1, 0.15) is 5.75 Å². The number of rotatable bonds is 1. The standard InChI is InChI=1S/C12H12N2O/c1-12(2,7-13)9-3-4-10-8(11(9)15)5-6-14-10/h3-6,14-15H,1-2H3. The Labute approximate surface area is 88.0 Å². The molecule has 0 saturated carbocycles. The molecule has 2 rings (SSSR count). The Bertz CT molecular complexity index is 546. The van der Waals surface area contributed by atoms with Gasteiger partial charge in [0.05, 0.1) is 11.5 Å². The average molecular weight is 200 g/mol. The number of phenols is 1. The first kappa shape index (κ1) is 9.60. The second-order valence-corrected chi connectivity index (χ2v) is 4.14. The Morgan fingerprint density at radius 1 is 1.33 bits per heavy atom. The molecule has 0 saturated heterocycles. The number of aromatic nitrogens is 1. The van der Waals surface area contributed by atoms with Crippen LogP contribution in [-0.2, 0) is 5.41 Å². The van der Waals surface area contributed by atoms with Crippen LogP contribution < -0.4 is 0 Å². The molecule has 15 heavy (non-hydrogen) atoms. The number of nitrogens with one attached hydrogen (secondary N) is 1. The van der Waals surface area contributed by atoms with Crippen molar-refractivity contribution in [3.63, 3.8) is 0 Å². The van der Waals surface area contributed by atoms with Crippen LogP contribution in [0.15, 0.2) is 24.4 Å². The molecule has 0 fully saturated rings. The van der Waals surface area contributed by atoms with E-state index in [1.165, 1.54) is 0 Å². The SMILES string of the molecule is CC(C)(C#N)c1ccc2[nH]ccc2c1O. The van der Waals surface area contributed by atoms with Gasteiger partial charge in [0.25, 0.3) is 0 Å². The van der Waals surface area contributed by atoms with E-state index in [9.17, 15) is 5.11 Å². The van der Waals surface area contributed by atoms with Crippen LogP contribution in [0.4, 0.5) is 0 Å². The number of nitriles is 1. The van der Waals surface area contributed by atoms with E-state index in [0.717, 1.165) is 10.9 Å². The molecule has 0 amide bonds. The van der Waals surface area contributed by atoms with Crippen molar-refractivity contribution in [1.29, 1.82) is 5.26 Å². The fraction of sp³-hybridized carbons (Fsp3) is 0.250. The van der Waals surface area contributed by atoms with E-state index in [1.54, 1.807) is 26.1 Å². The van der Waals surface area contributed by atoms with Gasteiger partial charge in [0.15, 0.2) is 0 Å². The van der Waals surface area contributed by atoms with Crippen molar-refractivity contribution in [1.82, 2.24) is 4.98 Å². The first-order valence-corrected chi connectivity index (χ1v) is 4.77. The average Bonchev–Trinajstić information content (AvgIpc) is 2.66. The second kappa shape index (κ2) is 3.03. The molecule has 2 aromatic rings. The number of phenolic OH excluding ortho intramolecular Hbond substituents is 1. The lowest BCUT2D eigenvalue weighted by molar-refractivity contribution is 0.463. The quantitative estimate of drug-likeness (QED) is 0.743. The third-order valence-corrected chi connectivity index (χ3v) is 2.66. The van der Waals surface area contributed by atoms with Crippen molar-refractivity contribution in [3.05, 3.63) is 30.0 Å². The summed E-state index contributed by atoms with van der Waals surface area (Å²) in [7, 11) is 0. The Kier molecular flexibility index (Phi) is 1.94.